The molecular formula is C21H20FN5O. The molecule has 2 aromatic heterocycles. The third-order valence-corrected chi connectivity index (χ3v) is 4.78. The Kier molecular flexibility index (Phi) is 4.65. The molecule has 0 spiro atoms. The molecule has 0 aliphatic carbocycles. The van der Waals surface area contributed by atoms with E-state index < -0.39 is 0 Å². The van der Waals surface area contributed by atoms with Crippen LogP contribution in [0, 0.1) is 5.82 Å². The molecule has 0 fully saturated rings. The van der Waals surface area contributed by atoms with Gasteiger partial charge in [-0.1, -0.05) is 0 Å². The highest BCUT2D eigenvalue weighted by Gasteiger charge is 2.14. The summed E-state index contributed by atoms with van der Waals surface area (Å²) in [6, 6.07) is 11.9. The fourth-order valence-corrected chi connectivity index (χ4v) is 3.42. The topological polar surface area (TPSA) is 64.7 Å². The molecule has 0 aliphatic rings. The van der Waals surface area contributed by atoms with Gasteiger partial charge in [-0.2, -0.15) is 0 Å². The lowest BCUT2D eigenvalue weighted by Gasteiger charge is -2.14. The van der Waals surface area contributed by atoms with Crippen molar-refractivity contribution >= 4 is 16.8 Å². The molecule has 142 valence electrons. The maximum absolute atomic E-state index is 13.6. The number of aromatic nitrogens is 4. The predicted octanol–water partition coefficient (Wildman–Crippen LogP) is 3.26. The van der Waals surface area contributed by atoms with Crippen LogP contribution in [0.4, 0.5) is 4.39 Å². The monoisotopic (exact) mass is 377 g/mol. The van der Waals surface area contributed by atoms with E-state index in [0.717, 1.165) is 22.2 Å². The molecule has 0 saturated heterocycles. The van der Waals surface area contributed by atoms with Crippen LogP contribution in [0.15, 0.2) is 61.3 Å². The Bertz CT molecular complexity index is 1120. The van der Waals surface area contributed by atoms with E-state index in [-0.39, 0.29) is 17.8 Å². The minimum absolute atomic E-state index is 0.0982. The SMILES string of the molecule is CC(Cc1cn(C)c2ccc(F)cc12)NC(=O)c1ccc(-n2cnnc2)cc1. The van der Waals surface area contributed by atoms with Gasteiger partial charge in [0.2, 0.25) is 0 Å². The van der Waals surface area contributed by atoms with Gasteiger partial charge in [-0.25, -0.2) is 4.39 Å². The molecule has 0 radical (unpaired) electrons. The number of carbonyl (C=O) groups is 1. The van der Waals surface area contributed by atoms with Gasteiger partial charge in [-0.3, -0.25) is 9.36 Å². The van der Waals surface area contributed by atoms with E-state index in [9.17, 15) is 9.18 Å². The lowest BCUT2D eigenvalue weighted by Crippen LogP contribution is -2.34. The molecule has 6 nitrogen and oxygen atoms in total. The molecule has 4 rings (SSSR count). The number of amides is 1. The number of halogens is 1. The van der Waals surface area contributed by atoms with Crippen LogP contribution in [0.25, 0.3) is 16.6 Å². The molecule has 1 unspecified atom stereocenters. The van der Waals surface area contributed by atoms with E-state index >= 15 is 0 Å². The van der Waals surface area contributed by atoms with Crippen molar-refractivity contribution in [1.82, 2.24) is 24.6 Å². The molecule has 28 heavy (non-hydrogen) atoms. The number of benzene rings is 2. The fraction of sp³-hybridized carbons (Fsp3) is 0.190. The molecule has 0 aliphatic heterocycles. The van der Waals surface area contributed by atoms with Crippen molar-refractivity contribution in [3.63, 3.8) is 0 Å². The van der Waals surface area contributed by atoms with Gasteiger partial charge in [0.1, 0.15) is 18.5 Å². The van der Waals surface area contributed by atoms with Gasteiger partial charge in [0.25, 0.3) is 5.91 Å². The van der Waals surface area contributed by atoms with Crippen LogP contribution < -0.4 is 5.32 Å². The molecule has 1 N–H and O–H groups in total. The number of carbonyl (C=O) groups excluding carboxylic acids is 1. The second-order valence-electron chi connectivity index (χ2n) is 6.92. The normalized spacial score (nSPS) is 12.2. The van der Waals surface area contributed by atoms with Crippen molar-refractivity contribution in [3.8, 4) is 5.69 Å². The predicted molar refractivity (Wildman–Crippen MR) is 105 cm³/mol. The Labute approximate surface area is 161 Å². The maximum Gasteiger partial charge on any atom is 0.251 e. The number of nitrogens with zero attached hydrogens (tertiary/aromatic N) is 4. The lowest BCUT2D eigenvalue weighted by atomic mass is 10.1. The minimum Gasteiger partial charge on any atom is -0.350 e. The standard InChI is InChI=1S/C21H20FN5O/c1-14(9-16-11-26(2)20-8-5-17(22)10-19(16)20)25-21(28)15-3-6-18(7-4-15)27-12-23-24-13-27/h3-8,10-14H,9H2,1-2H3,(H,25,28). The van der Waals surface area contributed by atoms with Gasteiger partial charge in [0.05, 0.1) is 0 Å². The number of fused-ring (bicyclic) bond motifs is 1. The second kappa shape index (κ2) is 7.26. The number of aryl methyl sites for hydroxylation is 1. The van der Waals surface area contributed by atoms with Gasteiger partial charge in [-0.15, -0.1) is 10.2 Å². The average Bonchev–Trinajstić information content (AvgIpc) is 3.31. The largest absolute Gasteiger partial charge is 0.350 e. The Morgan fingerprint density at radius 2 is 1.86 bits per heavy atom. The zero-order valence-corrected chi connectivity index (χ0v) is 15.6. The Balaban J connectivity index is 1.46. The molecule has 2 heterocycles. The third kappa shape index (κ3) is 3.51. The van der Waals surface area contributed by atoms with Crippen molar-refractivity contribution in [1.29, 1.82) is 0 Å². The van der Waals surface area contributed by atoms with Crippen molar-refractivity contribution in [2.45, 2.75) is 19.4 Å². The summed E-state index contributed by atoms with van der Waals surface area (Å²) < 4.78 is 17.4. The molecule has 1 amide bonds. The zero-order valence-electron chi connectivity index (χ0n) is 15.6. The molecule has 4 aromatic rings. The second-order valence-corrected chi connectivity index (χ2v) is 6.92. The first-order chi connectivity index (χ1) is 13.5. The lowest BCUT2D eigenvalue weighted by molar-refractivity contribution is 0.0940. The molecular weight excluding hydrogens is 357 g/mol. The quantitative estimate of drug-likeness (QED) is 0.581. The van der Waals surface area contributed by atoms with Crippen molar-refractivity contribution < 1.29 is 9.18 Å². The third-order valence-electron chi connectivity index (χ3n) is 4.78. The van der Waals surface area contributed by atoms with E-state index in [1.54, 1.807) is 41.5 Å². The summed E-state index contributed by atoms with van der Waals surface area (Å²) in [6.07, 6.45) is 5.81. The van der Waals surface area contributed by atoms with Gasteiger partial charge in [0, 0.05) is 41.4 Å². The molecule has 2 aromatic carbocycles. The molecule has 7 heteroatoms. The first-order valence-electron chi connectivity index (χ1n) is 9.00. The molecule has 0 saturated carbocycles. The summed E-state index contributed by atoms with van der Waals surface area (Å²) in [6.45, 7) is 1.95. The fourth-order valence-electron chi connectivity index (χ4n) is 3.42. The smallest absolute Gasteiger partial charge is 0.251 e. The highest BCUT2D eigenvalue weighted by molar-refractivity contribution is 5.94. The summed E-state index contributed by atoms with van der Waals surface area (Å²) in [5.74, 6) is -0.404. The van der Waals surface area contributed by atoms with E-state index in [4.69, 9.17) is 0 Å². The van der Waals surface area contributed by atoms with Crippen LogP contribution in [-0.2, 0) is 13.5 Å². The highest BCUT2D eigenvalue weighted by Crippen LogP contribution is 2.23. The van der Waals surface area contributed by atoms with Gasteiger partial charge in [-0.05, 0) is 61.4 Å². The van der Waals surface area contributed by atoms with Crippen LogP contribution in [0.3, 0.4) is 0 Å². The van der Waals surface area contributed by atoms with Gasteiger partial charge in [0.15, 0.2) is 0 Å². The zero-order chi connectivity index (χ0) is 19.7. The Hall–Kier alpha value is -3.48. The number of hydrogen-bond donors (Lipinski definition) is 1. The first-order valence-corrected chi connectivity index (χ1v) is 9.00. The van der Waals surface area contributed by atoms with E-state index in [1.807, 2.05) is 36.9 Å². The van der Waals surface area contributed by atoms with Crippen LogP contribution in [0.2, 0.25) is 0 Å². The van der Waals surface area contributed by atoms with E-state index in [0.29, 0.717) is 12.0 Å². The maximum atomic E-state index is 13.6. The highest BCUT2D eigenvalue weighted by atomic mass is 19.1. The number of hydrogen-bond acceptors (Lipinski definition) is 3. The minimum atomic E-state index is -0.259. The number of rotatable bonds is 5. The van der Waals surface area contributed by atoms with Crippen molar-refractivity contribution in [3.05, 3.63) is 78.3 Å². The van der Waals surface area contributed by atoms with Crippen molar-refractivity contribution in [2.24, 2.45) is 7.05 Å². The average molecular weight is 377 g/mol. The van der Waals surface area contributed by atoms with E-state index in [1.165, 1.54) is 6.07 Å². The summed E-state index contributed by atoms with van der Waals surface area (Å²) in [7, 11) is 1.93. The van der Waals surface area contributed by atoms with E-state index in [2.05, 4.69) is 15.5 Å². The van der Waals surface area contributed by atoms with Crippen LogP contribution in [0.5, 0.6) is 0 Å². The summed E-state index contributed by atoms with van der Waals surface area (Å²) in [4.78, 5) is 12.6. The van der Waals surface area contributed by atoms with Crippen LogP contribution >= 0.6 is 0 Å². The number of nitrogens with one attached hydrogen (secondary N) is 1. The summed E-state index contributed by atoms with van der Waals surface area (Å²) >= 11 is 0. The van der Waals surface area contributed by atoms with Crippen molar-refractivity contribution in [2.75, 3.05) is 0 Å². The summed E-state index contributed by atoms with van der Waals surface area (Å²) in [5, 5.41) is 11.4. The van der Waals surface area contributed by atoms with Gasteiger partial charge >= 0.3 is 0 Å². The Morgan fingerprint density at radius 3 is 2.57 bits per heavy atom. The first kappa shape index (κ1) is 17.9. The van der Waals surface area contributed by atoms with Crippen LogP contribution in [0.1, 0.15) is 22.8 Å². The summed E-state index contributed by atoms with van der Waals surface area (Å²) in [5.41, 5.74) is 3.44. The Morgan fingerprint density at radius 1 is 1.14 bits per heavy atom. The molecule has 1 atom stereocenters. The molecule has 0 bridgehead atoms. The van der Waals surface area contributed by atoms with Gasteiger partial charge < -0.3 is 9.88 Å². The van der Waals surface area contributed by atoms with Crippen LogP contribution in [-0.4, -0.2) is 31.3 Å².